The van der Waals surface area contributed by atoms with Crippen LogP contribution in [-0.2, 0) is 19.1 Å². The molecule has 0 saturated carbocycles. The van der Waals surface area contributed by atoms with E-state index in [2.05, 4.69) is 16.1 Å². The normalized spacial score (nSPS) is 10.6. The molecule has 0 N–H and O–H groups in total. The average molecular weight is 198 g/mol. The molecule has 0 rings (SSSR count). The standard InChI is InChI=1S/C10H14O4/c1-4-8(10(12)14-6-3)7-9(11)13-5-2/h4,7H,1,5-6H2,2-3H3/b8-7-. The molecule has 0 spiro atoms. The zero-order valence-corrected chi connectivity index (χ0v) is 8.41. The Labute approximate surface area is 83.2 Å². The van der Waals surface area contributed by atoms with Crippen LogP contribution in [0.15, 0.2) is 24.3 Å². The van der Waals surface area contributed by atoms with Crippen LogP contribution in [0, 0.1) is 0 Å². The Bertz CT molecular complexity index is 253. The van der Waals surface area contributed by atoms with Gasteiger partial charge in [-0.1, -0.05) is 12.7 Å². The smallest absolute Gasteiger partial charge is 0.338 e. The van der Waals surface area contributed by atoms with Crippen molar-refractivity contribution in [1.29, 1.82) is 0 Å². The summed E-state index contributed by atoms with van der Waals surface area (Å²) in [5.41, 5.74) is 0.102. The van der Waals surface area contributed by atoms with Crippen LogP contribution >= 0.6 is 0 Å². The Morgan fingerprint density at radius 2 is 1.79 bits per heavy atom. The summed E-state index contributed by atoms with van der Waals surface area (Å²) in [6.45, 7) is 7.29. The SMILES string of the molecule is C=C/C(=C/C(=O)OCC)C(=O)OCC. The molecule has 0 aromatic carbocycles. The van der Waals surface area contributed by atoms with E-state index < -0.39 is 11.9 Å². The fraction of sp³-hybridized carbons (Fsp3) is 0.400. The number of esters is 2. The third-order valence-corrected chi connectivity index (χ3v) is 1.29. The largest absolute Gasteiger partial charge is 0.463 e. The maximum absolute atomic E-state index is 11.1. The van der Waals surface area contributed by atoms with Crippen molar-refractivity contribution in [3.05, 3.63) is 24.3 Å². The summed E-state index contributed by atoms with van der Waals surface area (Å²) in [5.74, 6) is -1.15. The lowest BCUT2D eigenvalue weighted by atomic mass is 10.2. The van der Waals surface area contributed by atoms with Gasteiger partial charge in [0.15, 0.2) is 0 Å². The topological polar surface area (TPSA) is 52.6 Å². The van der Waals surface area contributed by atoms with Crippen molar-refractivity contribution in [3.8, 4) is 0 Å². The average Bonchev–Trinajstić information content (AvgIpc) is 2.15. The Morgan fingerprint density at radius 1 is 1.21 bits per heavy atom. The Kier molecular flexibility index (Phi) is 6.11. The fourth-order valence-corrected chi connectivity index (χ4v) is 0.727. The van der Waals surface area contributed by atoms with Gasteiger partial charge >= 0.3 is 11.9 Å². The number of ether oxygens (including phenoxy) is 2. The van der Waals surface area contributed by atoms with Crippen LogP contribution in [0.2, 0.25) is 0 Å². The van der Waals surface area contributed by atoms with Gasteiger partial charge in [-0.3, -0.25) is 0 Å². The van der Waals surface area contributed by atoms with Crippen molar-refractivity contribution in [2.45, 2.75) is 13.8 Å². The summed E-state index contributed by atoms with van der Waals surface area (Å²) in [4.78, 5) is 22.1. The molecule has 0 saturated heterocycles. The Balaban J connectivity index is 4.45. The van der Waals surface area contributed by atoms with Crippen LogP contribution in [-0.4, -0.2) is 25.2 Å². The minimum absolute atomic E-state index is 0.102. The predicted molar refractivity (Wildman–Crippen MR) is 51.5 cm³/mol. The number of hydrogen-bond acceptors (Lipinski definition) is 4. The van der Waals surface area contributed by atoms with Gasteiger partial charge in [-0.15, -0.1) is 0 Å². The van der Waals surface area contributed by atoms with Gasteiger partial charge in [0, 0.05) is 6.08 Å². The van der Waals surface area contributed by atoms with E-state index in [1.54, 1.807) is 13.8 Å². The molecular weight excluding hydrogens is 184 g/mol. The molecule has 0 fully saturated rings. The summed E-state index contributed by atoms with van der Waals surface area (Å²) in [5, 5.41) is 0. The number of carbonyl (C=O) groups is 2. The first-order valence-electron chi connectivity index (χ1n) is 4.33. The lowest BCUT2D eigenvalue weighted by Gasteiger charge is -2.01. The molecule has 0 aliphatic carbocycles. The molecular formula is C10H14O4. The van der Waals surface area contributed by atoms with Crippen LogP contribution in [0.25, 0.3) is 0 Å². The maximum Gasteiger partial charge on any atom is 0.338 e. The summed E-state index contributed by atoms with van der Waals surface area (Å²) in [6, 6.07) is 0. The fourth-order valence-electron chi connectivity index (χ4n) is 0.727. The summed E-state index contributed by atoms with van der Waals surface area (Å²) in [6.07, 6.45) is 2.32. The van der Waals surface area contributed by atoms with Gasteiger partial charge in [0.2, 0.25) is 0 Å². The van der Waals surface area contributed by atoms with E-state index in [1.807, 2.05) is 0 Å². The van der Waals surface area contributed by atoms with E-state index in [0.29, 0.717) is 0 Å². The van der Waals surface area contributed by atoms with Crippen molar-refractivity contribution in [3.63, 3.8) is 0 Å². The summed E-state index contributed by atoms with van der Waals surface area (Å²) in [7, 11) is 0. The third-order valence-electron chi connectivity index (χ3n) is 1.29. The van der Waals surface area contributed by atoms with Gasteiger partial charge in [-0.05, 0) is 13.8 Å². The zero-order chi connectivity index (χ0) is 11.0. The second-order valence-corrected chi connectivity index (χ2v) is 2.28. The lowest BCUT2D eigenvalue weighted by molar-refractivity contribution is -0.140. The first kappa shape index (κ1) is 12.4. The van der Waals surface area contributed by atoms with Gasteiger partial charge < -0.3 is 9.47 Å². The van der Waals surface area contributed by atoms with Crippen molar-refractivity contribution >= 4 is 11.9 Å². The summed E-state index contributed by atoms with van der Waals surface area (Å²) >= 11 is 0. The van der Waals surface area contributed by atoms with E-state index in [-0.39, 0.29) is 18.8 Å². The highest BCUT2D eigenvalue weighted by Gasteiger charge is 2.09. The first-order chi connectivity index (χ1) is 6.65. The minimum Gasteiger partial charge on any atom is -0.463 e. The van der Waals surface area contributed by atoms with Gasteiger partial charge in [-0.2, -0.15) is 0 Å². The number of rotatable bonds is 5. The van der Waals surface area contributed by atoms with Gasteiger partial charge in [0.25, 0.3) is 0 Å². The Morgan fingerprint density at radius 3 is 2.21 bits per heavy atom. The van der Waals surface area contributed by atoms with Crippen molar-refractivity contribution in [1.82, 2.24) is 0 Å². The molecule has 0 atom stereocenters. The molecule has 4 nitrogen and oxygen atoms in total. The van der Waals surface area contributed by atoms with Crippen LogP contribution in [0.3, 0.4) is 0 Å². The first-order valence-corrected chi connectivity index (χ1v) is 4.33. The monoisotopic (exact) mass is 198 g/mol. The third kappa shape index (κ3) is 4.45. The predicted octanol–water partition coefficient (Wildman–Crippen LogP) is 1.22. The molecule has 0 aliphatic heterocycles. The van der Waals surface area contributed by atoms with Crippen molar-refractivity contribution < 1.29 is 19.1 Å². The van der Waals surface area contributed by atoms with Gasteiger partial charge in [0.1, 0.15) is 0 Å². The second kappa shape index (κ2) is 6.88. The number of hydrogen-bond donors (Lipinski definition) is 0. The highest BCUT2D eigenvalue weighted by atomic mass is 16.5. The molecule has 0 heterocycles. The molecule has 14 heavy (non-hydrogen) atoms. The number of carbonyl (C=O) groups excluding carboxylic acids is 2. The second-order valence-electron chi connectivity index (χ2n) is 2.28. The molecule has 0 amide bonds. The van der Waals surface area contributed by atoms with E-state index in [0.717, 1.165) is 6.08 Å². The van der Waals surface area contributed by atoms with Gasteiger partial charge in [-0.25, -0.2) is 9.59 Å². The maximum atomic E-state index is 11.1. The molecule has 0 unspecified atom stereocenters. The zero-order valence-electron chi connectivity index (χ0n) is 8.41. The van der Waals surface area contributed by atoms with E-state index >= 15 is 0 Å². The van der Waals surface area contributed by atoms with Gasteiger partial charge in [0.05, 0.1) is 18.8 Å². The molecule has 0 aliphatic rings. The minimum atomic E-state index is -0.574. The molecule has 0 bridgehead atoms. The van der Waals surface area contributed by atoms with Crippen LogP contribution in [0.4, 0.5) is 0 Å². The molecule has 0 aromatic heterocycles. The summed E-state index contributed by atoms with van der Waals surface area (Å²) < 4.78 is 9.32. The van der Waals surface area contributed by atoms with E-state index in [1.165, 1.54) is 6.08 Å². The Hall–Kier alpha value is -1.58. The van der Waals surface area contributed by atoms with Crippen LogP contribution in [0.1, 0.15) is 13.8 Å². The molecule has 0 radical (unpaired) electrons. The quantitative estimate of drug-likeness (QED) is 0.378. The van der Waals surface area contributed by atoms with Crippen molar-refractivity contribution in [2.24, 2.45) is 0 Å². The lowest BCUT2D eigenvalue weighted by Crippen LogP contribution is -2.09. The molecule has 0 aromatic rings. The van der Waals surface area contributed by atoms with E-state index in [9.17, 15) is 9.59 Å². The molecule has 4 heteroatoms. The highest BCUT2D eigenvalue weighted by Crippen LogP contribution is 2.00. The van der Waals surface area contributed by atoms with E-state index in [4.69, 9.17) is 0 Å². The van der Waals surface area contributed by atoms with Crippen LogP contribution < -0.4 is 0 Å². The highest BCUT2D eigenvalue weighted by molar-refractivity contribution is 5.98. The van der Waals surface area contributed by atoms with Crippen LogP contribution in [0.5, 0.6) is 0 Å². The van der Waals surface area contributed by atoms with Crippen molar-refractivity contribution in [2.75, 3.05) is 13.2 Å². The molecule has 78 valence electrons.